The van der Waals surface area contributed by atoms with E-state index in [4.69, 9.17) is 11.6 Å². The minimum Gasteiger partial charge on any atom is -0.208 e. The predicted molar refractivity (Wildman–Crippen MR) is 85.5 cm³/mol. The van der Waals surface area contributed by atoms with Gasteiger partial charge in [0, 0.05) is 10.5 Å². The molecular formula is C14H19BrClNO2S. The zero-order valence-electron chi connectivity index (χ0n) is 11.4. The van der Waals surface area contributed by atoms with Gasteiger partial charge < -0.3 is 0 Å². The van der Waals surface area contributed by atoms with Crippen molar-refractivity contribution < 1.29 is 8.42 Å². The first-order valence-corrected chi connectivity index (χ1v) is 9.51. The van der Waals surface area contributed by atoms with Gasteiger partial charge in [0.05, 0.1) is 5.02 Å². The second kappa shape index (κ2) is 6.77. The standard InChI is InChI=1S/C14H19BrClNO2S/c1-10-3-2-4-12(7-5-10)17-20(18,19)14-8-6-11(15)9-13(14)16/h6,8-10,12,17H,2-5,7H2,1H3. The van der Waals surface area contributed by atoms with Gasteiger partial charge >= 0.3 is 0 Å². The zero-order valence-corrected chi connectivity index (χ0v) is 14.6. The Kier molecular flexibility index (Phi) is 5.51. The van der Waals surface area contributed by atoms with E-state index in [2.05, 4.69) is 27.6 Å². The van der Waals surface area contributed by atoms with Gasteiger partial charge in [-0.05, 0) is 43.4 Å². The van der Waals surface area contributed by atoms with Crippen molar-refractivity contribution in [3.05, 3.63) is 27.7 Å². The van der Waals surface area contributed by atoms with Crippen LogP contribution in [0, 0.1) is 5.92 Å². The number of benzene rings is 1. The summed E-state index contributed by atoms with van der Waals surface area (Å²) in [5, 5.41) is 0.244. The number of nitrogens with one attached hydrogen (secondary N) is 1. The Balaban J connectivity index is 2.14. The molecule has 0 aromatic heterocycles. The van der Waals surface area contributed by atoms with Gasteiger partial charge in [-0.15, -0.1) is 0 Å². The third-order valence-electron chi connectivity index (χ3n) is 3.76. The summed E-state index contributed by atoms with van der Waals surface area (Å²) in [6, 6.07) is 4.85. The lowest BCUT2D eigenvalue weighted by Crippen LogP contribution is -2.34. The van der Waals surface area contributed by atoms with E-state index >= 15 is 0 Å². The lowest BCUT2D eigenvalue weighted by atomic mass is 10.0. The smallest absolute Gasteiger partial charge is 0.208 e. The van der Waals surface area contributed by atoms with Crippen molar-refractivity contribution >= 4 is 37.6 Å². The maximum absolute atomic E-state index is 12.4. The molecule has 2 atom stereocenters. The van der Waals surface area contributed by atoms with Crippen LogP contribution in [-0.2, 0) is 10.0 Å². The summed E-state index contributed by atoms with van der Waals surface area (Å²) in [4.78, 5) is 0.152. The maximum atomic E-state index is 12.4. The molecule has 0 amide bonds. The molecular weight excluding hydrogens is 362 g/mol. The minimum absolute atomic E-state index is 0.0182. The molecule has 3 nitrogen and oxygen atoms in total. The van der Waals surface area contributed by atoms with Crippen molar-refractivity contribution in [3.8, 4) is 0 Å². The van der Waals surface area contributed by atoms with E-state index in [0.29, 0.717) is 5.92 Å². The van der Waals surface area contributed by atoms with Gasteiger partial charge in [0.2, 0.25) is 10.0 Å². The number of hydrogen-bond donors (Lipinski definition) is 1. The average molecular weight is 381 g/mol. The van der Waals surface area contributed by atoms with Crippen LogP contribution in [0.1, 0.15) is 39.0 Å². The number of sulfonamides is 1. The fraction of sp³-hybridized carbons (Fsp3) is 0.571. The Morgan fingerprint density at radius 3 is 2.70 bits per heavy atom. The normalized spacial score (nSPS) is 24.4. The molecule has 0 aliphatic heterocycles. The van der Waals surface area contributed by atoms with Crippen LogP contribution in [-0.4, -0.2) is 14.5 Å². The van der Waals surface area contributed by atoms with Crippen LogP contribution in [0.3, 0.4) is 0 Å². The van der Waals surface area contributed by atoms with Gasteiger partial charge in [-0.2, -0.15) is 0 Å². The van der Waals surface area contributed by atoms with Crippen LogP contribution in [0.5, 0.6) is 0 Å². The third kappa shape index (κ3) is 4.20. The summed E-state index contributed by atoms with van der Waals surface area (Å²) in [5.74, 6) is 0.681. The second-order valence-electron chi connectivity index (χ2n) is 5.51. The van der Waals surface area contributed by atoms with E-state index in [1.807, 2.05) is 0 Å². The molecule has 0 heterocycles. The first-order chi connectivity index (χ1) is 9.38. The molecule has 1 N–H and O–H groups in total. The van der Waals surface area contributed by atoms with Gasteiger partial charge in [0.25, 0.3) is 0 Å². The van der Waals surface area contributed by atoms with E-state index in [-0.39, 0.29) is 16.0 Å². The molecule has 1 aliphatic rings. The Labute approximate surface area is 134 Å². The van der Waals surface area contributed by atoms with E-state index in [0.717, 1.165) is 30.2 Å². The van der Waals surface area contributed by atoms with Crippen molar-refractivity contribution in [2.24, 2.45) is 5.92 Å². The number of rotatable bonds is 3. The van der Waals surface area contributed by atoms with Gasteiger partial charge in [0.1, 0.15) is 4.90 Å². The Morgan fingerprint density at radius 2 is 2.00 bits per heavy atom. The predicted octanol–water partition coefficient (Wildman–Crippen LogP) is 4.35. The van der Waals surface area contributed by atoms with Gasteiger partial charge in [-0.25, -0.2) is 13.1 Å². The van der Waals surface area contributed by atoms with E-state index < -0.39 is 10.0 Å². The highest BCUT2D eigenvalue weighted by atomic mass is 79.9. The zero-order chi connectivity index (χ0) is 14.8. The molecule has 0 saturated heterocycles. The summed E-state index contributed by atoms with van der Waals surface area (Å²) >= 11 is 9.32. The summed E-state index contributed by atoms with van der Waals surface area (Å²) in [5.41, 5.74) is 0. The Morgan fingerprint density at radius 1 is 1.25 bits per heavy atom. The quantitative estimate of drug-likeness (QED) is 0.792. The molecule has 1 saturated carbocycles. The summed E-state index contributed by atoms with van der Waals surface area (Å²) in [6.45, 7) is 2.22. The first-order valence-electron chi connectivity index (χ1n) is 6.86. The van der Waals surface area contributed by atoms with Crippen molar-refractivity contribution in [1.29, 1.82) is 0 Å². The average Bonchev–Trinajstić information content (AvgIpc) is 2.53. The molecule has 2 rings (SSSR count). The third-order valence-corrected chi connectivity index (χ3v) is 6.26. The molecule has 20 heavy (non-hydrogen) atoms. The fourth-order valence-corrected chi connectivity index (χ4v) is 4.92. The lowest BCUT2D eigenvalue weighted by Gasteiger charge is -2.17. The Bertz CT molecular complexity index is 577. The molecule has 1 fully saturated rings. The highest BCUT2D eigenvalue weighted by molar-refractivity contribution is 9.10. The maximum Gasteiger partial charge on any atom is 0.242 e. The monoisotopic (exact) mass is 379 g/mol. The largest absolute Gasteiger partial charge is 0.242 e. The van der Waals surface area contributed by atoms with Gasteiger partial charge in [0.15, 0.2) is 0 Å². The van der Waals surface area contributed by atoms with Crippen LogP contribution < -0.4 is 4.72 Å². The molecule has 2 unspecified atom stereocenters. The van der Waals surface area contributed by atoms with Crippen LogP contribution >= 0.6 is 27.5 Å². The van der Waals surface area contributed by atoms with Crippen molar-refractivity contribution in [2.75, 3.05) is 0 Å². The van der Waals surface area contributed by atoms with E-state index in [9.17, 15) is 8.42 Å². The Hall–Kier alpha value is -0.100. The van der Waals surface area contributed by atoms with Gasteiger partial charge in [-0.3, -0.25) is 0 Å². The highest BCUT2D eigenvalue weighted by Gasteiger charge is 2.24. The van der Waals surface area contributed by atoms with Crippen molar-refractivity contribution in [1.82, 2.24) is 4.72 Å². The highest BCUT2D eigenvalue weighted by Crippen LogP contribution is 2.27. The summed E-state index contributed by atoms with van der Waals surface area (Å²) in [6.07, 6.45) is 5.12. The molecule has 1 aromatic rings. The summed E-state index contributed by atoms with van der Waals surface area (Å²) in [7, 11) is -3.54. The number of halogens is 2. The molecule has 0 bridgehead atoms. The topological polar surface area (TPSA) is 46.2 Å². The van der Waals surface area contributed by atoms with Crippen LogP contribution in [0.4, 0.5) is 0 Å². The first kappa shape index (κ1) is 16.3. The minimum atomic E-state index is -3.54. The van der Waals surface area contributed by atoms with Crippen LogP contribution in [0.15, 0.2) is 27.6 Å². The number of hydrogen-bond acceptors (Lipinski definition) is 2. The second-order valence-corrected chi connectivity index (χ2v) is 8.51. The van der Waals surface area contributed by atoms with E-state index in [1.54, 1.807) is 12.1 Å². The van der Waals surface area contributed by atoms with E-state index in [1.165, 1.54) is 12.5 Å². The fourth-order valence-electron chi connectivity index (χ4n) is 2.58. The molecule has 1 aliphatic carbocycles. The molecule has 112 valence electrons. The van der Waals surface area contributed by atoms with Crippen LogP contribution in [0.2, 0.25) is 5.02 Å². The summed E-state index contributed by atoms with van der Waals surface area (Å²) < 4.78 is 28.4. The van der Waals surface area contributed by atoms with Crippen molar-refractivity contribution in [2.45, 2.75) is 50.0 Å². The molecule has 6 heteroatoms. The molecule has 0 spiro atoms. The molecule has 0 radical (unpaired) electrons. The van der Waals surface area contributed by atoms with Gasteiger partial charge in [-0.1, -0.05) is 47.3 Å². The molecule has 1 aromatic carbocycles. The van der Waals surface area contributed by atoms with Crippen LogP contribution in [0.25, 0.3) is 0 Å². The lowest BCUT2D eigenvalue weighted by molar-refractivity contribution is 0.484. The van der Waals surface area contributed by atoms with Crippen molar-refractivity contribution in [3.63, 3.8) is 0 Å². The SMILES string of the molecule is CC1CCCC(NS(=O)(=O)c2ccc(Br)cc2Cl)CC1.